The van der Waals surface area contributed by atoms with E-state index in [1.807, 2.05) is 6.07 Å². The summed E-state index contributed by atoms with van der Waals surface area (Å²) in [5.74, 6) is -1.20. The van der Waals surface area contributed by atoms with Crippen LogP contribution in [0.25, 0.3) is 22.7 Å². The summed E-state index contributed by atoms with van der Waals surface area (Å²) < 4.78 is 66.7. The maximum atomic E-state index is 13.1. The molecular weight excluding hydrogens is 477 g/mol. The zero-order valence-electron chi connectivity index (χ0n) is 17.4. The number of nitrogens with zero attached hydrogens (tertiary/aromatic N) is 7. The van der Waals surface area contributed by atoms with Gasteiger partial charge in [0.05, 0.1) is 23.8 Å². The van der Waals surface area contributed by atoms with Gasteiger partial charge in [0.1, 0.15) is 11.3 Å². The van der Waals surface area contributed by atoms with Crippen LogP contribution in [0.1, 0.15) is 29.4 Å². The van der Waals surface area contributed by atoms with Crippen LogP contribution in [-0.4, -0.2) is 55.8 Å². The smallest absolute Gasteiger partial charge is 0.350 e. The van der Waals surface area contributed by atoms with E-state index in [-0.39, 0.29) is 47.1 Å². The summed E-state index contributed by atoms with van der Waals surface area (Å²) in [5.41, 5.74) is -1.22. The normalized spacial score (nSPS) is 12.2. The molecule has 0 radical (unpaired) electrons. The Morgan fingerprint density at radius 1 is 1.24 bits per heavy atom. The molecule has 4 aromatic heterocycles. The summed E-state index contributed by atoms with van der Waals surface area (Å²) in [5, 5.41) is 18.8. The molecule has 0 bridgehead atoms. The number of amides is 1. The van der Waals surface area contributed by atoms with Crippen molar-refractivity contribution in [2.45, 2.75) is 24.5 Å². The zero-order chi connectivity index (χ0) is 24.7. The van der Waals surface area contributed by atoms with Crippen molar-refractivity contribution in [2.75, 3.05) is 12.3 Å². The third kappa shape index (κ3) is 4.03. The quantitative estimate of drug-likeness (QED) is 0.401. The predicted molar refractivity (Wildman–Crippen MR) is 110 cm³/mol. The van der Waals surface area contributed by atoms with Gasteiger partial charge in [-0.05, 0) is 18.2 Å². The van der Waals surface area contributed by atoms with Gasteiger partial charge in [0, 0.05) is 18.9 Å². The molecule has 34 heavy (non-hydrogen) atoms. The lowest BCUT2D eigenvalue weighted by Gasteiger charge is -2.05. The lowest BCUT2D eigenvalue weighted by Crippen LogP contribution is -2.26. The molecule has 0 saturated heterocycles. The van der Waals surface area contributed by atoms with Crippen LogP contribution in [0.3, 0.4) is 0 Å². The number of pyridine rings is 1. The highest BCUT2D eigenvalue weighted by atomic mass is 32.2. The molecule has 1 N–H and O–H groups in total. The molecule has 0 aliphatic carbocycles. The van der Waals surface area contributed by atoms with Crippen LogP contribution >= 0.6 is 0 Å². The maximum absolute atomic E-state index is 13.1. The van der Waals surface area contributed by atoms with Crippen molar-refractivity contribution in [3.05, 3.63) is 41.9 Å². The van der Waals surface area contributed by atoms with E-state index in [1.165, 1.54) is 19.2 Å². The molecule has 0 spiro atoms. The summed E-state index contributed by atoms with van der Waals surface area (Å²) in [4.78, 5) is 20.9. The number of rotatable bonds is 6. The van der Waals surface area contributed by atoms with Crippen molar-refractivity contribution in [1.82, 2.24) is 34.5 Å². The summed E-state index contributed by atoms with van der Waals surface area (Å²) in [6.07, 6.45) is -2.58. The van der Waals surface area contributed by atoms with Crippen molar-refractivity contribution < 1.29 is 26.4 Å². The first-order valence-corrected chi connectivity index (χ1v) is 11.4. The molecule has 0 aliphatic heterocycles. The first-order chi connectivity index (χ1) is 16.1. The van der Waals surface area contributed by atoms with Crippen LogP contribution < -0.4 is 5.32 Å². The maximum Gasteiger partial charge on any atom is 0.417 e. The molecule has 1 amide bonds. The third-order valence-electron chi connectivity index (χ3n) is 4.80. The number of sulfone groups is 1. The predicted octanol–water partition coefficient (Wildman–Crippen LogP) is 1.89. The average Bonchev–Trinajstić information content (AvgIpc) is 3.39. The fraction of sp³-hybridized carbons (Fsp3) is 0.263. The summed E-state index contributed by atoms with van der Waals surface area (Å²) in [7, 11) is -3.99. The van der Waals surface area contributed by atoms with Crippen molar-refractivity contribution >= 4 is 27.0 Å². The highest BCUT2D eigenvalue weighted by molar-refractivity contribution is 7.91. The molecule has 4 aromatic rings. The van der Waals surface area contributed by atoms with E-state index in [4.69, 9.17) is 5.26 Å². The van der Waals surface area contributed by atoms with Gasteiger partial charge in [0.2, 0.25) is 0 Å². The van der Waals surface area contributed by atoms with Crippen molar-refractivity contribution in [3.63, 3.8) is 0 Å². The van der Waals surface area contributed by atoms with E-state index < -0.39 is 32.5 Å². The molecule has 4 heterocycles. The van der Waals surface area contributed by atoms with Crippen molar-refractivity contribution in [3.8, 4) is 17.5 Å². The molecule has 15 heteroatoms. The molecule has 176 valence electrons. The molecule has 0 aliphatic rings. The molecule has 0 unspecified atom stereocenters. The summed E-state index contributed by atoms with van der Waals surface area (Å²) in [6, 6.07) is 5.11. The lowest BCUT2D eigenvalue weighted by atomic mass is 10.3. The van der Waals surface area contributed by atoms with Crippen LogP contribution in [0.15, 0.2) is 35.6 Å². The second kappa shape index (κ2) is 8.37. The molecule has 0 aromatic carbocycles. The van der Waals surface area contributed by atoms with E-state index >= 15 is 0 Å². The van der Waals surface area contributed by atoms with E-state index in [0.717, 1.165) is 27.4 Å². The second-order valence-electron chi connectivity index (χ2n) is 6.97. The number of hydrogen-bond acceptors (Lipinski definition) is 8. The van der Waals surface area contributed by atoms with E-state index in [9.17, 15) is 26.4 Å². The standard InChI is InChI=1S/C19H15F3N8O3S/c1-2-34(32,33)18-14(15-26-13-5-4-11(19(20,21)22)10-29(13)27-15)16-24-9-6-12(30(16)28-18)17(31)25-8-3-7-23/h4-6,9-10H,2-3,8H2,1H3,(H,25,31). The van der Waals surface area contributed by atoms with Gasteiger partial charge in [-0.25, -0.2) is 27.4 Å². The van der Waals surface area contributed by atoms with Crippen LogP contribution in [0.4, 0.5) is 13.2 Å². The Labute approximate surface area is 189 Å². The average molecular weight is 492 g/mol. The van der Waals surface area contributed by atoms with Gasteiger partial charge in [-0.1, -0.05) is 6.92 Å². The van der Waals surface area contributed by atoms with Gasteiger partial charge in [-0.2, -0.15) is 23.5 Å². The highest BCUT2D eigenvalue weighted by Crippen LogP contribution is 2.32. The molecule has 0 saturated carbocycles. The number of carbonyl (C=O) groups excluding carboxylic acids is 1. The van der Waals surface area contributed by atoms with Gasteiger partial charge < -0.3 is 5.32 Å². The monoisotopic (exact) mass is 492 g/mol. The Morgan fingerprint density at radius 2 is 2.00 bits per heavy atom. The number of nitriles is 1. The molecular formula is C19H15F3N8O3S. The Hall–Kier alpha value is -4.06. The van der Waals surface area contributed by atoms with Gasteiger partial charge in [0.25, 0.3) is 5.91 Å². The van der Waals surface area contributed by atoms with Crippen LogP contribution in [0.2, 0.25) is 0 Å². The number of nitrogens with one attached hydrogen (secondary N) is 1. The van der Waals surface area contributed by atoms with Crippen molar-refractivity contribution in [2.24, 2.45) is 0 Å². The molecule has 0 atom stereocenters. The molecule has 11 nitrogen and oxygen atoms in total. The van der Waals surface area contributed by atoms with Crippen molar-refractivity contribution in [1.29, 1.82) is 5.26 Å². The largest absolute Gasteiger partial charge is 0.417 e. The van der Waals surface area contributed by atoms with Gasteiger partial charge in [0.15, 0.2) is 32.0 Å². The Balaban J connectivity index is 1.94. The number of carbonyl (C=O) groups is 1. The van der Waals surface area contributed by atoms with Gasteiger partial charge >= 0.3 is 6.18 Å². The number of hydrogen-bond donors (Lipinski definition) is 1. The lowest BCUT2D eigenvalue weighted by molar-refractivity contribution is -0.137. The van der Waals surface area contributed by atoms with E-state index in [0.29, 0.717) is 0 Å². The van der Waals surface area contributed by atoms with Crippen LogP contribution in [-0.2, 0) is 16.0 Å². The number of halogens is 3. The molecule has 0 fully saturated rings. The zero-order valence-corrected chi connectivity index (χ0v) is 18.2. The van der Waals surface area contributed by atoms with E-state index in [2.05, 4.69) is 25.5 Å². The topological polar surface area (TPSA) is 147 Å². The Kier molecular flexibility index (Phi) is 5.69. The first-order valence-electron chi connectivity index (χ1n) is 9.76. The third-order valence-corrected chi connectivity index (χ3v) is 6.43. The Bertz CT molecular complexity index is 1570. The van der Waals surface area contributed by atoms with Gasteiger partial charge in [-0.3, -0.25) is 4.79 Å². The highest BCUT2D eigenvalue weighted by Gasteiger charge is 2.32. The summed E-state index contributed by atoms with van der Waals surface area (Å²) >= 11 is 0. The number of alkyl halides is 3. The first kappa shape index (κ1) is 23.1. The fourth-order valence-corrected chi connectivity index (χ4v) is 4.10. The van der Waals surface area contributed by atoms with Crippen LogP contribution in [0.5, 0.6) is 0 Å². The number of fused-ring (bicyclic) bond motifs is 2. The minimum atomic E-state index is -4.61. The second-order valence-corrected chi connectivity index (χ2v) is 9.16. The SMILES string of the molecule is CCS(=O)(=O)c1nn2c(C(=O)NCCC#N)ccnc2c1-c1nc2ccc(C(F)(F)F)cn2n1. The fourth-order valence-electron chi connectivity index (χ4n) is 3.13. The summed E-state index contributed by atoms with van der Waals surface area (Å²) in [6.45, 7) is 1.45. The van der Waals surface area contributed by atoms with Gasteiger partial charge in [-0.15, -0.1) is 5.10 Å². The molecule has 4 rings (SSSR count). The number of aromatic nitrogens is 6. The minimum absolute atomic E-state index is 0.0348. The van der Waals surface area contributed by atoms with E-state index in [1.54, 1.807) is 0 Å². The Morgan fingerprint density at radius 3 is 2.68 bits per heavy atom. The van der Waals surface area contributed by atoms with Crippen LogP contribution in [0, 0.1) is 11.3 Å². The minimum Gasteiger partial charge on any atom is -0.350 e.